The second-order valence-corrected chi connectivity index (χ2v) is 6.16. The fourth-order valence-corrected chi connectivity index (χ4v) is 2.57. The highest BCUT2D eigenvalue weighted by Crippen LogP contribution is 2.19. The second kappa shape index (κ2) is 7.47. The van der Waals surface area contributed by atoms with E-state index >= 15 is 0 Å². The lowest BCUT2D eigenvalue weighted by Gasteiger charge is -2.25. The highest BCUT2D eigenvalue weighted by Gasteiger charge is 2.16. The van der Waals surface area contributed by atoms with Crippen LogP contribution in [0.3, 0.4) is 0 Å². The number of hydrogen-bond acceptors (Lipinski definition) is 5. The number of thioether (sulfide) groups is 1. The molecule has 1 aromatic heterocycles. The number of carbonyl (C=O) groups is 1. The molecule has 2 rings (SSSR count). The predicted molar refractivity (Wildman–Crippen MR) is 86.1 cm³/mol. The zero-order valence-corrected chi connectivity index (χ0v) is 13.8. The highest BCUT2D eigenvalue weighted by atomic mass is 32.2. The summed E-state index contributed by atoms with van der Waals surface area (Å²) in [6.45, 7) is 5.43. The Bertz CT molecular complexity index is 640. The summed E-state index contributed by atoms with van der Waals surface area (Å²) in [5.41, 5.74) is 1.16. The van der Waals surface area contributed by atoms with Crippen molar-refractivity contribution in [2.24, 2.45) is 0 Å². The smallest absolute Gasteiger partial charge is 0.357 e. The van der Waals surface area contributed by atoms with Crippen molar-refractivity contribution >= 4 is 17.7 Å². The Labute approximate surface area is 134 Å². The van der Waals surface area contributed by atoms with Crippen molar-refractivity contribution in [3.63, 3.8) is 0 Å². The van der Waals surface area contributed by atoms with Crippen molar-refractivity contribution in [2.75, 3.05) is 6.26 Å². The van der Waals surface area contributed by atoms with Gasteiger partial charge in [0.25, 0.3) is 0 Å². The van der Waals surface area contributed by atoms with Gasteiger partial charge in [0.2, 0.25) is 5.89 Å². The number of rotatable bonds is 7. The standard InChI is InChI=1S/C16H20N2O3S/c1-11(2)18(8-12-5-4-6-13(7-12)22-3)9-15-17-14(10-21-15)16(19)20/h4-7,10-11H,8-9H2,1-3H3,(H,19,20). The summed E-state index contributed by atoms with van der Waals surface area (Å²) in [6.07, 6.45) is 3.24. The van der Waals surface area contributed by atoms with Crippen LogP contribution in [-0.4, -0.2) is 33.3 Å². The van der Waals surface area contributed by atoms with Crippen molar-refractivity contribution in [1.82, 2.24) is 9.88 Å². The number of carboxylic acid groups (broad SMARTS) is 1. The average molecular weight is 320 g/mol. The molecule has 118 valence electrons. The zero-order valence-electron chi connectivity index (χ0n) is 12.9. The largest absolute Gasteiger partial charge is 0.476 e. The van der Waals surface area contributed by atoms with Gasteiger partial charge in [-0.3, -0.25) is 4.90 Å². The Hall–Kier alpha value is -1.79. The molecule has 6 heteroatoms. The summed E-state index contributed by atoms with van der Waals surface area (Å²) >= 11 is 1.71. The van der Waals surface area contributed by atoms with Gasteiger partial charge in [-0.25, -0.2) is 9.78 Å². The molecule has 0 bridgehead atoms. The number of carboxylic acids is 1. The van der Waals surface area contributed by atoms with Crippen LogP contribution in [0.5, 0.6) is 0 Å². The Morgan fingerprint density at radius 1 is 1.41 bits per heavy atom. The van der Waals surface area contributed by atoms with Crippen LogP contribution in [0.25, 0.3) is 0 Å². The van der Waals surface area contributed by atoms with Crippen molar-refractivity contribution in [3.05, 3.63) is 47.7 Å². The molecule has 0 aliphatic carbocycles. The first kappa shape index (κ1) is 16.6. The third kappa shape index (κ3) is 4.35. The van der Waals surface area contributed by atoms with Crippen molar-refractivity contribution in [3.8, 4) is 0 Å². The molecule has 0 spiro atoms. The number of hydrogen-bond donors (Lipinski definition) is 1. The first-order chi connectivity index (χ1) is 10.5. The maximum Gasteiger partial charge on any atom is 0.357 e. The fourth-order valence-electron chi connectivity index (χ4n) is 2.08. The lowest BCUT2D eigenvalue weighted by Crippen LogP contribution is -2.30. The molecular formula is C16H20N2O3S. The number of aromatic carboxylic acids is 1. The van der Waals surface area contributed by atoms with E-state index in [2.05, 4.69) is 48.2 Å². The van der Waals surface area contributed by atoms with E-state index in [1.165, 1.54) is 16.7 Å². The SMILES string of the molecule is CSc1cccc(CN(Cc2nc(C(=O)O)co2)C(C)C)c1. The molecule has 0 aliphatic heterocycles. The van der Waals surface area contributed by atoms with E-state index in [-0.39, 0.29) is 11.7 Å². The Balaban J connectivity index is 2.10. The third-order valence-electron chi connectivity index (χ3n) is 3.36. The van der Waals surface area contributed by atoms with E-state index in [0.29, 0.717) is 12.4 Å². The lowest BCUT2D eigenvalue weighted by molar-refractivity contribution is 0.0690. The molecule has 1 aromatic carbocycles. The van der Waals surface area contributed by atoms with Gasteiger partial charge in [0, 0.05) is 17.5 Å². The van der Waals surface area contributed by atoms with Gasteiger partial charge in [-0.15, -0.1) is 11.8 Å². The second-order valence-electron chi connectivity index (χ2n) is 5.28. The van der Waals surface area contributed by atoms with E-state index < -0.39 is 5.97 Å². The molecule has 1 N–H and O–H groups in total. The molecular weight excluding hydrogens is 300 g/mol. The Morgan fingerprint density at radius 3 is 2.77 bits per heavy atom. The van der Waals surface area contributed by atoms with Crippen LogP contribution in [-0.2, 0) is 13.1 Å². The Kier molecular flexibility index (Phi) is 5.63. The van der Waals surface area contributed by atoms with E-state index in [4.69, 9.17) is 9.52 Å². The molecule has 1 heterocycles. The molecule has 22 heavy (non-hydrogen) atoms. The molecule has 0 fully saturated rings. The van der Waals surface area contributed by atoms with Crippen LogP contribution < -0.4 is 0 Å². The third-order valence-corrected chi connectivity index (χ3v) is 4.08. The van der Waals surface area contributed by atoms with Crippen molar-refractivity contribution < 1.29 is 14.3 Å². The van der Waals surface area contributed by atoms with Crippen LogP contribution in [0.4, 0.5) is 0 Å². The summed E-state index contributed by atoms with van der Waals surface area (Å²) in [4.78, 5) is 18.3. The maximum absolute atomic E-state index is 10.9. The van der Waals surface area contributed by atoms with Gasteiger partial charge in [0.15, 0.2) is 5.69 Å². The van der Waals surface area contributed by atoms with Crippen LogP contribution in [0.2, 0.25) is 0 Å². The summed E-state index contributed by atoms with van der Waals surface area (Å²) in [5, 5.41) is 8.90. The van der Waals surface area contributed by atoms with E-state index in [9.17, 15) is 4.79 Å². The first-order valence-corrected chi connectivity index (χ1v) is 8.26. The van der Waals surface area contributed by atoms with Gasteiger partial charge in [-0.2, -0.15) is 0 Å². The average Bonchev–Trinajstić information content (AvgIpc) is 2.95. The van der Waals surface area contributed by atoms with Gasteiger partial charge in [0.05, 0.1) is 6.54 Å². The summed E-state index contributed by atoms with van der Waals surface area (Å²) in [5.74, 6) is -0.647. The van der Waals surface area contributed by atoms with Gasteiger partial charge < -0.3 is 9.52 Å². The molecule has 5 nitrogen and oxygen atoms in total. The normalized spacial score (nSPS) is 11.3. The molecule has 2 aromatic rings. The van der Waals surface area contributed by atoms with Crippen molar-refractivity contribution in [2.45, 2.75) is 37.9 Å². The molecule has 0 radical (unpaired) electrons. The van der Waals surface area contributed by atoms with Crippen LogP contribution >= 0.6 is 11.8 Å². The summed E-state index contributed by atoms with van der Waals surface area (Å²) < 4.78 is 5.25. The van der Waals surface area contributed by atoms with Gasteiger partial charge in [-0.1, -0.05) is 12.1 Å². The topological polar surface area (TPSA) is 66.6 Å². The first-order valence-electron chi connectivity index (χ1n) is 7.04. The number of aromatic nitrogens is 1. The number of nitrogens with zero attached hydrogens (tertiary/aromatic N) is 2. The zero-order chi connectivity index (χ0) is 16.1. The van der Waals surface area contributed by atoms with Gasteiger partial charge in [0.1, 0.15) is 6.26 Å². The quantitative estimate of drug-likeness (QED) is 0.788. The summed E-state index contributed by atoms with van der Waals surface area (Å²) in [7, 11) is 0. The monoisotopic (exact) mass is 320 g/mol. The molecule has 0 saturated carbocycles. The van der Waals surface area contributed by atoms with E-state index in [1.807, 2.05) is 6.07 Å². The minimum Gasteiger partial charge on any atom is -0.476 e. The van der Waals surface area contributed by atoms with Crippen LogP contribution in [0.15, 0.2) is 39.8 Å². The molecule has 0 aliphatic rings. The van der Waals surface area contributed by atoms with Gasteiger partial charge >= 0.3 is 5.97 Å². The molecule has 0 atom stereocenters. The lowest BCUT2D eigenvalue weighted by atomic mass is 10.2. The maximum atomic E-state index is 10.9. The number of benzene rings is 1. The number of oxazole rings is 1. The fraction of sp³-hybridized carbons (Fsp3) is 0.375. The van der Waals surface area contributed by atoms with E-state index in [1.54, 1.807) is 11.8 Å². The van der Waals surface area contributed by atoms with Gasteiger partial charge in [-0.05, 0) is 37.8 Å². The van der Waals surface area contributed by atoms with E-state index in [0.717, 1.165) is 6.54 Å². The Morgan fingerprint density at radius 2 is 2.18 bits per heavy atom. The minimum absolute atomic E-state index is 0.0527. The van der Waals surface area contributed by atoms with Crippen LogP contribution in [0.1, 0.15) is 35.8 Å². The predicted octanol–water partition coefficient (Wildman–Crippen LogP) is 3.51. The minimum atomic E-state index is -1.07. The summed E-state index contributed by atoms with van der Waals surface area (Å²) in [6, 6.07) is 8.68. The van der Waals surface area contributed by atoms with Crippen molar-refractivity contribution in [1.29, 1.82) is 0 Å². The highest BCUT2D eigenvalue weighted by molar-refractivity contribution is 7.98. The van der Waals surface area contributed by atoms with Crippen LogP contribution in [0, 0.1) is 0 Å². The molecule has 0 saturated heterocycles. The molecule has 0 amide bonds. The molecule has 0 unspecified atom stereocenters.